The Bertz CT molecular complexity index is 1120. The van der Waals surface area contributed by atoms with E-state index in [-0.39, 0.29) is 34.6 Å². The quantitative estimate of drug-likeness (QED) is 0.414. The molecule has 2 aromatic rings. The molecule has 2 N–H and O–H groups in total. The Kier molecular flexibility index (Phi) is 6.58. The molecule has 0 saturated carbocycles. The van der Waals surface area contributed by atoms with E-state index in [4.69, 9.17) is 9.15 Å². The second-order valence-corrected chi connectivity index (χ2v) is 9.15. The molecule has 1 aromatic carbocycles. The van der Waals surface area contributed by atoms with E-state index in [1.165, 1.54) is 31.3 Å². The molecule has 4 rings (SSSR count). The van der Waals surface area contributed by atoms with Gasteiger partial charge in [-0.1, -0.05) is 42.1 Å². The lowest BCUT2D eigenvalue weighted by atomic mass is 9.98. The third-order valence-corrected chi connectivity index (χ3v) is 7.51. The highest BCUT2D eigenvalue weighted by Crippen LogP contribution is 2.47. The number of carbonyl (C=O) groups excluding carboxylic acids is 3. The fourth-order valence-electron chi connectivity index (χ4n) is 3.59. The fourth-order valence-corrected chi connectivity index (χ4v) is 6.01. The number of oxazole rings is 1. The summed E-state index contributed by atoms with van der Waals surface area (Å²) in [5.41, 5.74) is -0.935. The van der Waals surface area contributed by atoms with Crippen LogP contribution in [0.1, 0.15) is 16.2 Å². The van der Waals surface area contributed by atoms with E-state index in [2.05, 4.69) is 10.3 Å². The SMILES string of the molecule is COC1(NC(=O)Cc2ncco2)C(=O)N2C(C(=O)O)=C(CSC(=O)c3ccccc3)CS[C@H]21. The fraction of sp³-hybridized carbons (Fsp3) is 0.286. The highest BCUT2D eigenvalue weighted by molar-refractivity contribution is 8.14. The van der Waals surface area contributed by atoms with Gasteiger partial charge in [0.1, 0.15) is 23.8 Å². The zero-order valence-electron chi connectivity index (χ0n) is 17.3. The molecule has 1 fully saturated rings. The summed E-state index contributed by atoms with van der Waals surface area (Å²) in [7, 11) is 1.27. The molecular formula is C21H19N3O7S2. The van der Waals surface area contributed by atoms with E-state index in [1.54, 1.807) is 30.3 Å². The van der Waals surface area contributed by atoms with Crippen molar-refractivity contribution in [2.75, 3.05) is 18.6 Å². The number of hydrogen-bond acceptors (Lipinski definition) is 9. The maximum atomic E-state index is 13.1. The van der Waals surface area contributed by atoms with Gasteiger partial charge in [0, 0.05) is 24.2 Å². The first-order chi connectivity index (χ1) is 15.9. The molecule has 12 heteroatoms. The normalized spacial score (nSPS) is 21.9. The predicted octanol–water partition coefficient (Wildman–Crippen LogP) is 1.50. The van der Waals surface area contributed by atoms with Gasteiger partial charge in [0.2, 0.25) is 16.9 Å². The maximum Gasteiger partial charge on any atom is 0.352 e. The van der Waals surface area contributed by atoms with Crippen molar-refractivity contribution in [3.8, 4) is 0 Å². The molecule has 1 aromatic heterocycles. The van der Waals surface area contributed by atoms with Crippen LogP contribution in [-0.2, 0) is 25.5 Å². The van der Waals surface area contributed by atoms with Crippen LogP contribution in [0.3, 0.4) is 0 Å². The highest BCUT2D eigenvalue weighted by Gasteiger charge is 2.66. The zero-order chi connectivity index (χ0) is 23.6. The summed E-state index contributed by atoms with van der Waals surface area (Å²) < 4.78 is 10.4. The number of β-lactam (4-membered cyclic amide) rings is 1. The van der Waals surface area contributed by atoms with Gasteiger partial charge in [0.15, 0.2) is 0 Å². The van der Waals surface area contributed by atoms with Gasteiger partial charge in [-0.05, 0) is 5.57 Å². The molecular weight excluding hydrogens is 470 g/mol. The van der Waals surface area contributed by atoms with Crippen molar-refractivity contribution in [2.45, 2.75) is 17.5 Å². The molecule has 0 aliphatic carbocycles. The molecule has 0 radical (unpaired) electrons. The summed E-state index contributed by atoms with van der Waals surface area (Å²) in [5, 5.41) is 11.4. The molecule has 2 aliphatic rings. The lowest BCUT2D eigenvalue weighted by Gasteiger charge is -2.55. The zero-order valence-corrected chi connectivity index (χ0v) is 19.0. The van der Waals surface area contributed by atoms with Crippen LogP contribution in [0, 0.1) is 0 Å². The van der Waals surface area contributed by atoms with E-state index in [9.17, 15) is 24.3 Å². The minimum Gasteiger partial charge on any atom is -0.477 e. The van der Waals surface area contributed by atoms with Crippen LogP contribution in [-0.4, -0.2) is 67.6 Å². The van der Waals surface area contributed by atoms with Gasteiger partial charge in [-0.3, -0.25) is 19.3 Å². The number of carboxylic acids is 1. The molecule has 0 spiro atoms. The van der Waals surface area contributed by atoms with Gasteiger partial charge >= 0.3 is 5.97 Å². The van der Waals surface area contributed by atoms with Crippen molar-refractivity contribution in [3.63, 3.8) is 0 Å². The second kappa shape index (κ2) is 9.41. The molecule has 2 aliphatic heterocycles. The van der Waals surface area contributed by atoms with Crippen molar-refractivity contribution in [1.82, 2.24) is 15.2 Å². The van der Waals surface area contributed by atoms with Gasteiger partial charge in [-0.2, -0.15) is 0 Å². The van der Waals surface area contributed by atoms with Crippen LogP contribution in [0.2, 0.25) is 0 Å². The van der Waals surface area contributed by atoms with Crippen molar-refractivity contribution >= 4 is 46.4 Å². The van der Waals surface area contributed by atoms with Crippen LogP contribution in [0.15, 0.2) is 58.5 Å². The predicted molar refractivity (Wildman–Crippen MR) is 119 cm³/mol. The topological polar surface area (TPSA) is 139 Å². The summed E-state index contributed by atoms with van der Waals surface area (Å²) in [5.74, 6) is -1.98. The average Bonchev–Trinajstić information content (AvgIpc) is 3.33. The Balaban J connectivity index is 1.50. The van der Waals surface area contributed by atoms with E-state index in [0.29, 0.717) is 11.1 Å². The summed E-state index contributed by atoms with van der Waals surface area (Å²) >= 11 is 2.23. The third kappa shape index (κ3) is 4.28. The average molecular weight is 490 g/mol. The summed E-state index contributed by atoms with van der Waals surface area (Å²) in [6, 6.07) is 8.65. The molecule has 2 atom stereocenters. The maximum absolute atomic E-state index is 13.1. The number of carbonyl (C=O) groups is 4. The first kappa shape index (κ1) is 23.1. The Morgan fingerprint density at radius 3 is 2.76 bits per heavy atom. The minimum absolute atomic E-state index is 0.120. The molecule has 1 unspecified atom stereocenters. The highest BCUT2D eigenvalue weighted by atomic mass is 32.2. The first-order valence-electron chi connectivity index (χ1n) is 9.74. The number of rotatable bonds is 8. The van der Waals surface area contributed by atoms with Crippen LogP contribution in [0.25, 0.3) is 0 Å². The summed E-state index contributed by atoms with van der Waals surface area (Å²) in [4.78, 5) is 55.0. The van der Waals surface area contributed by atoms with E-state index in [1.807, 2.05) is 0 Å². The number of thioether (sulfide) groups is 2. The van der Waals surface area contributed by atoms with Crippen molar-refractivity contribution in [1.29, 1.82) is 0 Å². The summed E-state index contributed by atoms with van der Waals surface area (Å²) in [6.45, 7) is 0. The number of aromatic nitrogens is 1. The van der Waals surface area contributed by atoms with Gasteiger partial charge < -0.3 is 19.6 Å². The lowest BCUT2D eigenvalue weighted by molar-refractivity contribution is -0.192. The number of fused-ring (bicyclic) bond motifs is 1. The minimum atomic E-state index is -1.70. The van der Waals surface area contributed by atoms with Crippen LogP contribution >= 0.6 is 23.5 Å². The molecule has 3 heterocycles. The number of aliphatic carboxylic acids is 1. The number of nitrogens with zero attached hydrogens (tertiary/aromatic N) is 2. The molecule has 1 saturated heterocycles. The number of hydrogen-bond donors (Lipinski definition) is 2. The van der Waals surface area contributed by atoms with E-state index >= 15 is 0 Å². The van der Waals surface area contributed by atoms with Gasteiger partial charge in [-0.15, -0.1) is 11.8 Å². The van der Waals surface area contributed by atoms with E-state index in [0.717, 1.165) is 16.7 Å². The molecule has 172 valence electrons. The number of benzene rings is 1. The number of amides is 2. The monoisotopic (exact) mass is 489 g/mol. The first-order valence-corrected chi connectivity index (χ1v) is 11.8. The molecule has 10 nitrogen and oxygen atoms in total. The largest absolute Gasteiger partial charge is 0.477 e. The van der Waals surface area contributed by atoms with Crippen molar-refractivity contribution in [2.24, 2.45) is 0 Å². The number of carboxylic acid groups (broad SMARTS) is 1. The van der Waals surface area contributed by atoms with Crippen molar-refractivity contribution < 1.29 is 33.4 Å². The standard InChI is InChI=1S/C21H19N3O7S2/c1-30-21(23-14(25)9-15-22-7-8-31-15)19(29)24-16(17(26)27)13(11-33-20(21)24)10-32-18(28)12-5-3-2-4-6-12/h2-8,20H,9-11H2,1H3,(H,23,25)(H,26,27)/t20-,21?/m0/s1. The van der Waals surface area contributed by atoms with Crippen LogP contribution in [0.5, 0.6) is 0 Å². The van der Waals surface area contributed by atoms with Crippen LogP contribution < -0.4 is 5.32 Å². The smallest absolute Gasteiger partial charge is 0.352 e. The lowest BCUT2D eigenvalue weighted by Crippen LogP contribution is -2.80. The number of methoxy groups -OCH3 is 1. The Hall–Kier alpha value is -3.09. The number of nitrogens with one attached hydrogen (secondary N) is 1. The van der Waals surface area contributed by atoms with Crippen LogP contribution in [0.4, 0.5) is 0 Å². The molecule has 33 heavy (non-hydrogen) atoms. The Labute approximate surface area is 196 Å². The third-order valence-electron chi connectivity index (χ3n) is 5.14. The van der Waals surface area contributed by atoms with Gasteiger partial charge in [-0.25, -0.2) is 9.78 Å². The number of ether oxygens (including phenoxy) is 1. The van der Waals surface area contributed by atoms with E-state index < -0.39 is 28.9 Å². The molecule has 2 amide bonds. The van der Waals surface area contributed by atoms with Crippen molar-refractivity contribution in [3.05, 3.63) is 65.5 Å². The molecule has 0 bridgehead atoms. The Morgan fingerprint density at radius 2 is 2.12 bits per heavy atom. The Morgan fingerprint density at radius 1 is 1.36 bits per heavy atom. The second-order valence-electron chi connectivity index (χ2n) is 7.13. The van der Waals surface area contributed by atoms with Gasteiger partial charge in [0.25, 0.3) is 11.6 Å². The summed E-state index contributed by atoms with van der Waals surface area (Å²) in [6.07, 6.45) is 2.52. The van der Waals surface area contributed by atoms with Gasteiger partial charge in [0.05, 0.1) is 6.20 Å².